The minimum Gasteiger partial charge on any atom is -0.330 e. The third kappa shape index (κ3) is 6.34. The molecule has 0 radical (unpaired) electrons. The molecule has 4 atom stereocenters. The largest absolute Gasteiger partial charge is 0.330 e. The molecule has 0 unspecified atom stereocenters. The first kappa shape index (κ1) is 28.4. The first-order valence-electron chi connectivity index (χ1n) is 13.5. The highest BCUT2D eigenvalue weighted by Crippen LogP contribution is 2.52. The Morgan fingerprint density at radius 2 is 1.76 bits per heavy atom. The maximum Gasteiger partial charge on any atom is 0.229 e. The van der Waals surface area contributed by atoms with E-state index in [1.54, 1.807) is 0 Å². The van der Waals surface area contributed by atoms with Crippen LogP contribution in [0.15, 0.2) is 85.5 Å². The Morgan fingerprint density at radius 1 is 1.05 bits per heavy atom. The Bertz CT molecular complexity index is 1240. The molecule has 1 heterocycles. The molecule has 3 aromatic carbocycles. The van der Waals surface area contributed by atoms with E-state index in [1.165, 1.54) is 11.1 Å². The maximum atomic E-state index is 14.4. The number of allylic oxidation sites excluding steroid dienone is 1. The first-order valence-corrected chi connectivity index (χ1v) is 14.2. The van der Waals surface area contributed by atoms with E-state index in [0.29, 0.717) is 23.0 Å². The van der Waals surface area contributed by atoms with Gasteiger partial charge in [0.25, 0.3) is 0 Å². The lowest BCUT2D eigenvalue weighted by Crippen LogP contribution is -2.57. The van der Waals surface area contributed by atoms with Gasteiger partial charge in [0.1, 0.15) is 0 Å². The number of hydrogen-bond donors (Lipinski definition) is 1. The number of nitrogens with one attached hydrogen (secondary N) is 1. The fourth-order valence-electron chi connectivity index (χ4n) is 5.82. The lowest BCUT2D eigenvalue weighted by molar-refractivity contribution is -0.154. The molecule has 0 bridgehead atoms. The summed E-state index contributed by atoms with van der Waals surface area (Å²) in [7, 11) is 0. The average molecular weight is 550 g/mol. The third-order valence-electron chi connectivity index (χ3n) is 7.88. The van der Waals surface area contributed by atoms with Crippen LogP contribution in [0.4, 0.5) is 0 Å². The van der Waals surface area contributed by atoms with Gasteiger partial charge >= 0.3 is 0 Å². The van der Waals surface area contributed by atoms with Crippen molar-refractivity contribution in [2.75, 3.05) is 6.54 Å². The number of amides is 1. The summed E-state index contributed by atoms with van der Waals surface area (Å²) in [6.07, 6.45) is 4.06. The molecular formula is C33H38Cl2N2O. The molecule has 1 amide bonds. The molecule has 4 rings (SSSR count). The van der Waals surface area contributed by atoms with Gasteiger partial charge in [0.05, 0.1) is 11.5 Å². The minimum absolute atomic E-state index is 0.0137. The van der Waals surface area contributed by atoms with Crippen molar-refractivity contribution in [1.82, 2.24) is 10.2 Å². The molecule has 1 aliphatic heterocycles. The molecule has 1 saturated heterocycles. The highest BCUT2D eigenvalue weighted by Gasteiger charge is 2.50. The van der Waals surface area contributed by atoms with Crippen LogP contribution >= 0.6 is 23.2 Å². The van der Waals surface area contributed by atoms with Crippen LogP contribution in [0.5, 0.6) is 0 Å². The van der Waals surface area contributed by atoms with Gasteiger partial charge in [0.15, 0.2) is 0 Å². The van der Waals surface area contributed by atoms with Crippen LogP contribution in [0.2, 0.25) is 10.0 Å². The topological polar surface area (TPSA) is 32.3 Å². The van der Waals surface area contributed by atoms with Crippen molar-refractivity contribution in [3.8, 4) is 0 Å². The molecule has 1 aliphatic rings. The third-order valence-corrected chi connectivity index (χ3v) is 8.37. The van der Waals surface area contributed by atoms with E-state index in [-0.39, 0.29) is 23.9 Å². The highest BCUT2D eigenvalue weighted by molar-refractivity contribution is 6.30. The second-order valence-corrected chi connectivity index (χ2v) is 11.7. The smallest absolute Gasteiger partial charge is 0.229 e. The van der Waals surface area contributed by atoms with Gasteiger partial charge in [-0.25, -0.2) is 0 Å². The van der Waals surface area contributed by atoms with E-state index in [4.69, 9.17) is 23.2 Å². The molecule has 0 aromatic heterocycles. The summed E-state index contributed by atoms with van der Waals surface area (Å²) in [5.74, 6) is 0.253. The van der Waals surface area contributed by atoms with Crippen molar-refractivity contribution in [1.29, 1.82) is 0 Å². The van der Waals surface area contributed by atoms with Crippen LogP contribution < -0.4 is 5.32 Å². The molecule has 3 aromatic rings. The van der Waals surface area contributed by atoms with Gasteiger partial charge in [-0.1, -0.05) is 97.2 Å². The number of carbonyl (C=O) groups excluding carboxylic acids is 1. The van der Waals surface area contributed by atoms with Crippen molar-refractivity contribution in [3.63, 3.8) is 0 Å². The quantitative estimate of drug-likeness (QED) is 0.257. The Balaban J connectivity index is 1.74. The van der Waals surface area contributed by atoms with Crippen LogP contribution in [-0.4, -0.2) is 23.4 Å². The average Bonchev–Trinajstić information content (AvgIpc) is 2.90. The van der Waals surface area contributed by atoms with Crippen molar-refractivity contribution < 1.29 is 4.79 Å². The summed E-state index contributed by atoms with van der Waals surface area (Å²) in [6.45, 7) is 11.8. The van der Waals surface area contributed by atoms with Crippen LogP contribution in [0.1, 0.15) is 67.3 Å². The van der Waals surface area contributed by atoms with Gasteiger partial charge in [-0.2, -0.15) is 0 Å². The zero-order valence-corrected chi connectivity index (χ0v) is 24.1. The fourth-order valence-corrected chi connectivity index (χ4v) is 6.14. The first-order chi connectivity index (χ1) is 18.3. The van der Waals surface area contributed by atoms with E-state index >= 15 is 0 Å². The summed E-state index contributed by atoms with van der Waals surface area (Å²) >= 11 is 12.8. The summed E-state index contributed by atoms with van der Waals surface area (Å²) in [6, 6.07) is 24.5. The summed E-state index contributed by atoms with van der Waals surface area (Å²) in [4.78, 5) is 16.6. The molecular weight excluding hydrogens is 511 g/mol. The summed E-state index contributed by atoms with van der Waals surface area (Å²) in [5, 5.41) is 5.03. The van der Waals surface area contributed by atoms with Crippen LogP contribution in [-0.2, 0) is 11.3 Å². The standard InChI is InChI=1S/C33H38Cl2N2O/c1-5-18-33(4)20-30(26-8-7-9-28(35)19-26)31(25-14-16-27(34)17-15-25)37(32(33)38)29(6-2)22-36-21-24-12-10-23(3)11-13-24/h5,7-17,19,29-31,36H,1,6,18,20-22H2,2-4H3/t29-,30+,31+,33+/m0/s1. The zero-order chi connectivity index (χ0) is 27.3. The Hall–Kier alpha value is -2.59. The number of benzene rings is 3. The second kappa shape index (κ2) is 12.5. The zero-order valence-electron chi connectivity index (χ0n) is 22.6. The highest BCUT2D eigenvalue weighted by atomic mass is 35.5. The number of piperidine rings is 1. The normalized spacial score (nSPS) is 22.3. The number of likely N-dealkylation sites (tertiary alicyclic amines) is 1. The summed E-state index contributed by atoms with van der Waals surface area (Å²) in [5.41, 5.74) is 4.16. The van der Waals surface area contributed by atoms with Gasteiger partial charge in [-0.05, 0) is 67.1 Å². The molecule has 200 valence electrons. The fraction of sp³-hybridized carbons (Fsp3) is 0.364. The van der Waals surface area contributed by atoms with Crippen molar-refractivity contribution >= 4 is 29.1 Å². The van der Waals surface area contributed by atoms with Crippen LogP contribution in [0.3, 0.4) is 0 Å². The van der Waals surface area contributed by atoms with Crippen LogP contribution in [0, 0.1) is 12.3 Å². The van der Waals surface area contributed by atoms with Crippen molar-refractivity contribution in [2.24, 2.45) is 5.41 Å². The number of halogens is 2. The number of carbonyl (C=O) groups is 1. The van der Waals surface area contributed by atoms with Gasteiger partial charge in [0.2, 0.25) is 5.91 Å². The molecule has 5 heteroatoms. The second-order valence-electron chi connectivity index (χ2n) is 10.8. The Kier molecular flexibility index (Phi) is 9.36. The SMILES string of the molecule is C=CC[C@]1(C)C[C@H](c2cccc(Cl)c2)[C@@H](c2ccc(Cl)cc2)N([C@@H](CC)CNCc2ccc(C)cc2)C1=O. The monoisotopic (exact) mass is 548 g/mol. The molecule has 0 saturated carbocycles. The van der Waals surface area contributed by atoms with Gasteiger partial charge < -0.3 is 10.2 Å². The van der Waals surface area contributed by atoms with E-state index in [1.807, 2.05) is 36.4 Å². The number of hydrogen-bond acceptors (Lipinski definition) is 2. The van der Waals surface area contributed by atoms with E-state index < -0.39 is 5.41 Å². The number of rotatable bonds is 10. The lowest BCUT2D eigenvalue weighted by atomic mass is 9.67. The van der Waals surface area contributed by atoms with Gasteiger partial charge in [-0.15, -0.1) is 6.58 Å². The van der Waals surface area contributed by atoms with E-state index in [2.05, 4.69) is 80.0 Å². The predicted octanol–water partition coefficient (Wildman–Crippen LogP) is 8.51. The van der Waals surface area contributed by atoms with Gasteiger partial charge in [0, 0.05) is 35.1 Å². The van der Waals surface area contributed by atoms with Crippen LogP contribution in [0.25, 0.3) is 0 Å². The molecule has 0 spiro atoms. The molecule has 0 aliphatic carbocycles. The van der Waals surface area contributed by atoms with Crippen molar-refractivity contribution in [3.05, 3.63) is 118 Å². The van der Waals surface area contributed by atoms with E-state index in [9.17, 15) is 4.79 Å². The molecule has 1 fully saturated rings. The van der Waals surface area contributed by atoms with Gasteiger partial charge in [-0.3, -0.25) is 4.79 Å². The summed E-state index contributed by atoms with van der Waals surface area (Å²) < 4.78 is 0. The number of aryl methyl sites for hydroxylation is 1. The predicted molar refractivity (Wildman–Crippen MR) is 160 cm³/mol. The molecule has 1 N–H and O–H groups in total. The maximum absolute atomic E-state index is 14.4. The van der Waals surface area contributed by atoms with E-state index in [0.717, 1.165) is 30.5 Å². The Labute approximate surface area is 237 Å². The molecule has 38 heavy (non-hydrogen) atoms. The minimum atomic E-state index is -0.554. The Morgan fingerprint density at radius 3 is 2.39 bits per heavy atom. The van der Waals surface area contributed by atoms with Crippen molar-refractivity contribution in [2.45, 2.75) is 64.6 Å². The number of nitrogens with zero attached hydrogens (tertiary/aromatic N) is 1. The molecule has 3 nitrogen and oxygen atoms in total. The lowest BCUT2D eigenvalue weighted by Gasteiger charge is -2.52.